The van der Waals surface area contributed by atoms with Crippen LogP contribution in [0.4, 0.5) is 0 Å². The lowest BCUT2D eigenvalue weighted by Gasteiger charge is -2.05. The smallest absolute Gasteiger partial charge is 0.423 e. The number of aryl methyl sites for hydroxylation is 1. The van der Waals surface area contributed by atoms with Crippen molar-refractivity contribution in [2.45, 2.75) is 45.4 Å². The first-order valence-electron chi connectivity index (χ1n) is 7.98. The van der Waals surface area contributed by atoms with Gasteiger partial charge in [0.2, 0.25) is 0 Å². The van der Waals surface area contributed by atoms with Crippen LogP contribution < -0.4 is 5.46 Å². The second-order valence-corrected chi connectivity index (χ2v) is 5.57. The zero-order valence-electron chi connectivity index (χ0n) is 13.1. The highest BCUT2D eigenvalue weighted by Gasteiger charge is 2.12. The van der Waals surface area contributed by atoms with Crippen molar-refractivity contribution in [2.75, 3.05) is 0 Å². The van der Waals surface area contributed by atoms with Gasteiger partial charge in [-0.05, 0) is 18.4 Å². The van der Waals surface area contributed by atoms with Gasteiger partial charge in [0.05, 0.1) is 0 Å². The summed E-state index contributed by atoms with van der Waals surface area (Å²) in [5.41, 5.74) is 2.57. The molecule has 1 aromatic heterocycles. The van der Waals surface area contributed by atoms with Crippen molar-refractivity contribution in [3.63, 3.8) is 0 Å². The van der Waals surface area contributed by atoms with E-state index in [4.69, 9.17) is 10.0 Å². The van der Waals surface area contributed by atoms with E-state index in [0.717, 1.165) is 12.0 Å². The molecule has 2 aromatic rings. The SMILES string of the molecule is CCCCCCCc1ccc(-c2ncc(B(O)O)cn2)cc1. The van der Waals surface area contributed by atoms with Crippen LogP contribution in [0.15, 0.2) is 36.7 Å². The predicted molar refractivity (Wildman–Crippen MR) is 89.8 cm³/mol. The van der Waals surface area contributed by atoms with E-state index in [9.17, 15) is 0 Å². The average molecular weight is 298 g/mol. The molecule has 5 heteroatoms. The number of benzene rings is 1. The molecule has 0 aliphatic heterocycles. The maximum absolute atomic E-state index is 9.03. The molecule has 0 radical (unpaired) electrons. The van der Waals surface area contributed by atoms with Gasteiger partial charge in [-0.1, -0.05) is 56.9 Å². The molecule has 0 amide bonds. The quantitative estimate of drug-likeness (QED) is 0.580. The molecule has 0 aliphatic rings. The van der Waals surface area contributed by atoms with E-state index in [1.54, 1.807) is 0 Å². The van der Waals surface area contributed by atoms with E-state index in [1.165, 1.54) is 50.1 Å². The number of unbranched alkanes of at least 4 members (excludes halogenated alkanes) is 4. The summed E-state index contributed by atoms with van der Waals surface area (Å²) in [7, 11) is -1.52. The summed E-state index contributed by atoms with van der Waals surface area (Å²) in [4.78, 5) is 8.33. The van der Waals surface area contributed by atoms with E-state index in [1.807, 2.05) is 12.1 Å². The van der Waals surface area contributed by atoms with Crippen LogP contribution in [0.25, 0.3) is 11.4 Å². The van der Waals surface area contributed by atoms with Gasteiger partial charge in [-0.2, -0.15) is 0 Å². The van der Waals surface area contributed by atoms with Crippen LogP contribution in [-0.2, 0) is 6.42 Å². The monoisotopic (exact) mass is 298 g/mol. The van der Waals surface area contributed by atoms with Crippen molar-refractivity contribution in [1.29, 1.82) is 0 Å². The van der Waals surface area contributed by atoms with Crippen molar-refractivity contribution < 1.29 is 10.0 Å². The first-order chi connectivity index (χ1) is 10.7. The van der Waals surface area contributed by atoms with Crippen LogP contribution >= 0.6 is 0 Å². The molecule has 4 nitrogen and oxygen atoms in total. The molecule has 0 aliphatic carbocycles. The zero-order valence-corrected chi connectivity index (χ0v) is 13.1. The highest BCUT2D eigenvalue weighted by molar-refractivity contribution is 6.58. The minimum atomic E-state index is -1.52. The van der Waals surface area contributed by atoms with Gasteiger partial charge in [-0.25, -0.2) is 9.97 Å². The molecule has 0 saturated heterocycles. The van der Waals surface area contributed by atoms with Gasteiger partial charge in [-0.3, -0.25) is 0 Å². The molecule has 1 aromatic carbocycles. The highest BCUT2D eigenvalue weighted by Crippen LogP contribution is 2.16. The van der Waals surface area contributed by atoms with Crippen LogP contribution in [0.5, 0.6) is 0 Å². The first kappa shape index (κ1) is 16.7. The Hall–Kier alpha value is -1.72. The predicted octanol–water partition coefficient (Wildman–Crippen LogP) is 2.34. The third-order valence-corrected chi connectivity index (χ3v) is 3.75. The Balaban J connectivity index is 1.91. The summed E-state index contributed by atoms with van der Waals surface area (Å²) in [6, 6.07) is 8.28. The second-order valence-electron chi connectivity index (χ2n) is 5.57. The second kappa shape index (κ2) is 8.66. The molecular weight excluding hydrogens is 275 g/mol. The van der Waals surface area contributed by atoms with E-state index in [-0.39, 0.29) is 0 Å². The fourth-order valence-electron chi connectivity index (χ4n) is 2.37. The van der Waals surface area contributed by atoms with Crippen molar-refractivity contribution in [2.24, 2.45) is 0 Å². The van der Waals surface area contributed by atoms with Gasteiger partial charge in [0.1, 0.15) is 0 Å². The van der Waals surface area contributed by atoms with Gasteiger partial charge in [-0.15, -0.1) is 0 Å². The minimum absolute atomic E-state index is 0.299. The lowest BCUT2D eigenvalue weighted by atomic mass is 9.83. The first-order valence-corrected chi connectivity index (χ1v) is 7.98. The van der Waals surface area contributed by atoms with E-state index >= 15 is 0 Å². The van der Waals surface area contributed by atoms with Gasteiger partial charge in [0.25, 0.3) is 0 Å². The van der Waals surface area contributed by atoms with Crippen molar-refractivity contribution in [3.05, 3.63) is 42.2 Å². The Morgan fingerprint density at radius 3 is 2.14 bits per heavy atom. The Bertz CT molecular complexity index is 556. The number of nitrogens with zero attached hydrogens (tertiary/aromatic N) is 2. The van der Waals surface area contributed by atoms with Crippen LogP contribution in [0.2, 0.25) is 0 Å². The molecule has 0 saturated carbocycles. The minimum Gasteiger partial charge on any atom is -0.423 e. The number of rotatable bonds is 8. The van der Waals surface area contributed by atoms with Crippen molar-refractivity contribution in [3.8, 4) is 11.4 Å². The highest BCUT2D eigenvalue weighted by atomic mass is 16.4. The molecular formula is C17H23BN2O2. The maximum atomic E-state index is 9.03. The van der Waals surface area contributed by atoms with Gasteiger partial charge in [0, 0.05) is 23.4 Å². The molecule has 22 heavy (non-hydrogen) atoms. The Morgan fingerprint density at radius 1 is 0.909 bits per heavy atom. The van der Waals surface area contributed by atoms with Crippen LogP contribution in [0.3, 0.4) is 0 Å². The fraction of sp³-hybridized carbons (Fsp3) is 0.412. The average Bonchev–Trinajstić information content (AvgIpc) is 2.55. The Labute approximate surface area is 132 Å². The van der Waals surface area contributed by atoms with Gasteiger partial charge >= 0.3 is 7.12 Å². The summed E-state index contributed by atoms with van der Waals surface area (Å²) in [5.74, 6) is 0.596. The Kier molecular flexibility index (Phi) is 6.56. The third kappa shape index (κ3) is 4.93. The zero-order chi connectivity index (χ0) is 15.8. The van der Waals surface area contributed by atoms with Crippen molar-refractivity contribution >= 4 is 12.6 Å². The van der Waals surface area contributed by atoms with Crippen LogP contribution in [-0.4, -0.2) is 27.1 Å². The topological polar surface area (TPSA) is 66.2 Å². The normalized spacial score (nSPS) is 10.7. The fourth-order valence-corrected chi connectivity index (χ4v) is 2.37. The largest absolute Gasteiger partial charge is 0.491 e. The molecule has 116 valence electrons. The third-order valence-electron chi connectivity index (χ3n) is 3.75. The van der Waals surface area contributed by atoms with Gasteiger partial charge in [0.15, 0.2) is 5.82 Å². The standard InChI is InChI=1S/C17H23BN2O2/c1-2-3-4-5-6-7-14-8-10-15(11-9-14)17-19-12-16(13-20-17)18(21)22/h8-13,21-22H,2-7H2,1H3. The number of hydrogen-bond donors (Lipinski definition) is 2. The lowest BCUT2D eigenvalue weighted by molar-refractivity contribution is 0.425. The van der Waals surface area contributed by atoms with Crippen molar-refractivity contribution in [1.82, 2.24) is 9.97 Å². The molecule has 1 heterocycles. The lowest BCUT2D eigenvalue weighted by Crippen LogP contribution is -2.30. The summed E-state index contributed by atoms with van der Waals surface area (Å²) in [6.07, 6.45) is 10.5. The molecule has 0 bridgehead atoms. The van der Waals surface area contributed by atoms with E-state index < -0.39 is 7.12 Å². The van der Waals surface area contributed by atoms with E-state index in [0.29, 0.717) is 11.3 Å². The molecule has 0 fully saturated rings. The number of aromatic nitrogens is 2. The molecule has 0 atom stereocenters. The van der Waals surface area contributed by atoms with E-state index in [2.05, 4.69) is 29.0 Å². The Morgan fingerprint density at radius 2 is 1.55 bits per heavy atom. The molecule has 2 N–H and O–H groups in total. The van der Waals surface area contributed by atoms with Gasteiger partial charge < -0.3 is 10.0 Å². The number of hydrogen-bond acceptors (Lipinski definition) is 4. The summed E-state index contributed by atoms with van der Waals surface area (Å²) < 4.78 is 0. The molecule has 2 rings (SSSR count). The summed E-state index contributed by atoms with van der Waals surface area (Å²) in [5, 5.41) is 18.1. The molecule has 0 spiro atoms. The molecule has 0 unspecified atom stereocenters. The summed E-state index contributed by atoms with van der Waals surface area (Å²) in [6.45, 7) is 2.23. The van der Waals surface area contributed by atoms with Crippen LogP contribution in [0.1, 0.15) is 44.6 Å². The summed E-state index contributed by atoms with van der Waals surface area (Å²) >= 11 is 0. The van der Waals surface area contributed by atoms with Crippen LogP contribution in [0, 0.1) is 0 Å². The maximum Gasteiger partial charge on any atom is 0.491 e.